The summed E-state index contributed by atoms with van der Waals surface area (Å²) in [6.07, 6.45) is 1.20. The van der Waals surface area contributed by atoms with Crippen LogP contribution in [0.2, 0.25) is 0 Å². The van der Waals surface area contributed by atoms with Crippen LogP contribution < -0.4 is 11.5 Å². The Morgan fingerprint density at radius 2 is 1.62 bits per heavy atom. The number of carboxylic acid groups (broad SMARTS) is 2. The van der Waals surface area contributed by atoms with Gasteiger partial charge in [0.25, 0.3) is 0 Å². The van der Waals surface area contributed by atoms with Gasteiger partial charge in [-0.25, -0.2) is 0 Å². The van der Waals surface area contributed by atoms with E-state index in [4.69, 9.17) is 21.7 Å². The van der Waals surface area contributed by atoms with Crippen molar-refractivity contribution in [1.82, 2.24) is 0 Å². The number of aliphatic carboxylic acids is 2. The molecule has 6 nitrogen and oxygen atoms in total. The maximum atomic E-state index is 10.4. The van der Waals surface area contributed by atoms with Crippen molar-refractivity contribution < 1.29 is 19.8 Å². The summed E-state index contributed by atoms with van der Waals surface area (Å²) in [7, 11) is 0. The van der Waals surface area contributed by atoms with Gasteiger partial charge in [-0.15, -0.1) is 0 Å². The molecule has 3 unspecified atom stereocenters. The van der Waals surface area contributed by atoms with E-state index >= 15 is 0 Å². The predicted octanol–water partition coefficient (Wildman–Crippen LogP) is 1.09. The molecule has 0 spiro atoms. The highest BCUT2D eigenvalue weighted by Crippen LogP contribution is 2.04. The molecule has 3 atom stereocenters. The molecule has 1 aromatic carbocycles. The van der Waals surface area contributed by atoms with Crippen LogP contribution in [0, 0.1) is 5.92 Å². The Labute approximate surface area is 124 Å². The molecule has 0 aromatic heterocycles. The van der Waals surface area contributed by atoms with Crippen LogP contribution in [0.5, 0.6) is 0 Å². The molecule has 6 heteroatoms. The second kappa shape index (κ2) is 9.90. The molecule has 0 saturated heterocycles. The van der Waals surface area contributed by atoms with Crippen molar-refractivity contribution in [2.75, 3.05) is 0 Å². The van der Waals surface area contributed by atoms with Gasteiger partial charge in [-0.2, -0.15) is 0 Å². The summed E-state index contributed by atoms with van der Waals surface area (Å²) >= 11 is 0. The highest BCUT2D eigenvalue weighted by Gasteiger charge is 2.17. The van der Waals surface area contributed by atoms with Gasteiger partial charge in [0.2, 0.25) is 0 Å². The van der Waals surface area contributed by atoms with Crippen LogP contribution in [0.15, 0.2) is 30.3 Å². The molecule has 1 rings (SSSR count). The molecule has 0 fully saturated rings. The van der Waals surface area contributed by atoms with E-state index in [2.05, 4.69) is 0 Å². The first-order valence-electron chi connectivity index (χ1n) is 6.80. The number of rotatable bonds is 6. The second-order valence-electron chi connectivity index (χ2n) is 4.88. The van der Waals surface area contributed by atoms with E-state index in [-0.39, 0.29) is 5.92 Å². The van der Waals surface area contributed by atoms with Gasteiger partial charge in [0.05, 0.1) is 0 Å². The zero-order valence-electron chi connectivity index (χ0n) is 12.4. The topological polar surface area (TPSA) is 127 Å². The first kappa shape index (κ1) is 19.1. The van der Waals surface area contributed by atoms with Crippen LogP contribution in [-0.2, 0) is 16.0 Å². The summed E-state index contributed by atoms with van der Waals surface area (Å²) in [5.41, 5.74) is 11.6. The van der Waals surface area contributed by atoms with Crippen molar-refractivity contribution in [3.63, 3.8) is 0 Å². The van der Waals surface area contributed by atoms with Gasteiger partial charge in [0.15, 0.2) is 0 Å². The van der Waals surface area contributed by atoms with E-state index in [9.17, 15) is 9.59 Å². The minimum absolute atomic E-state index is 0.0718. The van der Waals surface area contributed by atoms with E-state index in [1.54, 1.807) is 0 Å². The molecule has 0 radical (unpaired) electrons. The minimum Gasteiger partial charge on any atom is -0.480 e. The quantitative estimate of drug-likeness (QED) is 0.622. The lowest BCUT2D eigenvalue weighted by Crippen LogP contribution is -2.36. The first-order chi connectivity index (χ1) is 9.79. The first-order valence-corrected chi connectivity index (χ1v) is 6.80. The van der Waals surface area contributed by atoms with Gasteiger partial charge in [0.1, 0.15) is 12.1 Å². The average Bonchev–Trinajstić information content (AvgIpc) is 2.47. The molecule has 0 heterocycles. The van der Waals surface area contributed by atoms with Crippen molar-refractivity contribution in [3.05, 3.63) is 35.9 Å². The predicted molar refractivity (Wildman–Crippen MR) is 80.8 cm³/mol. The van der Waals surface area contributed by atoms with Gasteiger partial charge in [-0.05, 0) is 17.9 Å². The molecule has 0 bridgehead atoms. The van der Waals surface area contributed by atoms with Crippen molar-refractivity contribution in [3.8, 4) is 0 Å². The van der Waals surface area contributed by atoms with Gasteiger partial charge in [-0.3, -0.25) is 9.59 Å². The molecule has 0 aliphatic rings. The van der Waals surface area contributed by atoms with Crippen molar-refractivity contribution in [2.45, 2.75) is 38.8 Å². The molecular formula is C15H24N2O4. The van der Waals surface area contributed by atoms with Crippen molar-refractivity contribution >= 4 is 11.9 Å². The highest BCUT2D eigenvalue weighted by molar-refractivity contribution is 5.73. The lowest BCUT2D eigenvalue weighted by atomic mass is 10.0. The fraction of sp³-hybridized carbons (Fsp3) is 0.467. The monoisotopic (exact) mass is 296 g/mol. The minimum atomic E-state index is -0.959. The third kappa shape index (κ3) is 8.06. The number of carboxylic acids is 2. The van der Waals surface area contributed by atoms with E-state index < -0.39 is 24.0 Å². The number of benzene rings is 1. The summed E-state index contributed by atoms with van der Waals surface area (Å²) in [4.78, 5) is 20.6. The average molecular weight is 296 g/mol. The van der Waals surface area contributed by atoms with Gasteiger partial charge in [-0.1, -0.05) is 50.6 Å². The molecule has 0 aliphatic carbocycles. The summed E-state index contributed by atoms with van der Waals surface area (Å²) < 4.78 is 0. The van der Waals surface area contributed by atoms with Crippen molar-refractivity contribution in [1.29, 1.82) is 0 Å². The van der Waals surface area contributed by atoms with E-state index in [1.165, 1.54) is 0 Å². The fourth-order valence-electron chi connectivity index (χ4n) is 1.45. The lowest BCUT2D eigenvalue weighted by molar-refractivity contribution is -0.140. The zero-order chi connectivity index (χ0) is 16.4. The SMILES string of the molecule is CCC(C)C(N)C(=O)O.NC(Cc1ccccc1)C(=O)O. The van der Waals surface area contributed by atoms with Gasteiger partial charge in [0, 0.05) is 0 Å². The van der Waals surface area contributed by atoms with E-state index in [1.807, 2.05) is 44.2 Å². The van der Waals surface area contributed by atoms with E-state index in [0.29, 0.717) is 6.42 Å². The molecule has 0 amide bonds. The molecule has 0 saturated carbocycles. The Balaban J connectivity index is 0.000000400. The Bertz CT molecular complexity index is 437. The molecule has 6 N–H and O–H groups in total. The number of carbonyl (C=O) groups is 2. The zero-order valence-corrected chi connectivity index (χ0v) is 12.4. The maximum absolute atomic E-state index is 10.4. The Hall–Kier alpha value is -1.92. The summed E-state index contributed by atoms with van der Waals surface area (Å²) in [6.45, 7) is 3.76. The summed E-state index contributed by atoms with van der Waals surface area (Å²) in [5, 5.41) is 16.9. The third-order valence-corrected chi connectivity index (χ3v) is 3.16. The molecule has 21 heavy (non-hydrogen) atoms. The molecule has 1 aromatic rings. The third-order valence-electron chi connectivity index (χ3n) is 3.16. The highest BCUT2D eigenvalue weighted by atomic mass is 16.4. The second-order valence-corrected chi connectivity index (χ2v) is 4.88. The molecule has 0 aliphatic heterocycles. The van der Waals surface area contributed by atoms with Crippen LogP contribution in [0.3, 0.4) is 0 Å². The van der Waals surface area contributed by atoms with Crippen LogP contribution in [-0.4, -0.2) is 34.2 Å². The Kier molecular flexibility index (Phi) is 9.00. The molecular weight excluding hydrogens is 272 g/mol. The Morgan fingerprint density at radius 1 is 1.10 bits per heavy atom. The van der Waals surface area contributed by atoms with Gasteiger partial charge >= 0.3 is 11.9 Å². The molecule has 118 valence electrons. The Morgan fingerprint density at radius 3 is 1.95 bits per heavy atom. The maximum Gasteiger partial charge on any atom is 0.320 e. The summed E-state index contributed by atoms with van der Waals surface area (Å²) in [5.74, 6) is -1.80. The standard InChI is InChI=1S/C9H11NO2.C6H13NO2/c10-8(9(11)12)6-7-4-2-1-3-5-7;1-3-4(2)5(7)6(8)9/h1-5,8H,6,10H2,(H,11,12);4-5H,3,7H2,1-2H3,(H,8,9). The number of nitrogens with two attached hydrogens (primary N) is 2. The van der Waals surface area contributed by atoms with Crippen LogP contribution in [0.25, 0.3) is 0 Å². The van der Waals surface area contributed by atoms with Crippen LogP contribution in [0.4, 0.5) is 0 Å². The van der Waals surface area contributed by atoms with Crippen LogP contribution in [0.1, 0.15) is 25.8 Å². The van der Waals surface area contributed by atoms with Crippen LogP contribution >= 0.6 is 0 Å². The largest absolute Gasteiger partial charge is 0.480 e. The number of hydrogen-bond donors (Lipinski definition) is 4. The normalized spacial score (nSPS) is 14.3. The fourth-order valence-corrected chi connectivity index (χ4v) is 1.45. The summed E-state index contributed by atoms with van der Waals surface area (Å²) in [6, 6.07) is 7.84. The van der Waals surface area contributed by atoms with Gasteiger partial charge < -0.3 is 21.7 Å². The van der Waals surface area contributed by atoms with E-state index in [0.717, 1.165) is 12.0 Å². The van der Waals surface area contributed by atoms with Crippen molar-refractivity contribution in [2.24, 2.45) is 17.4 Å². The smallest absolute Gasteiger partial charge is 0.320 e. The number of hydrogen-bond acceptors (Lipinski definition) is 4. The lowest BCUT2D eigenvalue weighted by Gasteiger charge is -2.11.